The predicted octanol–water partition coefficient (Wildman–Crippen LogP) is 2.19. The average Bonchev–Trinajstić information content (AvgIpc) is 2.76. The van der Waals surface area contributed by atoms with Gasteiger partial charge in [-0.1, -0.05) is 17.9 Å². The highest BCUT2D eigenvalue weighted by molar-refractivity contribution is 7.22. The molecule has 1 N–H and O–H groups in total. The third-order valence-corrected chi connectivity index (χ3v) is 3.40. The lowest BCUT2D eigenvalue weighted by Crippen LogP contribution is -2.15. The molecular weight excluding hydrogens is 252 g/mol. The first-order chi connectivity index (χ1) is 8.76. The van der Waals surface area contributed by atoms with Crippen LogP contribution in [0, 0.1) is 0 Å². The van der Waals surface area contributed by atoms with Crippen LogP contribution in [0.5, 0.6) is 11.5 Å². The van der Waals surface area contributed by atoms with Crippen molar-refractivity contribution < 1.29 is 14.3 Å². The summed E-state index contributed by atoms with van der Waals surface area (Å²) in [6, 6.07) is 3.70. The second kappa shape index (κ2) is 4.30. The minimum Gasteiger partial charge on any atom is -0.486 e. The number of hydrogen-bond donors (Lipinski definition) is 1. The van der Waals surface area contributed by atoms with Crippen molar-refractivity contribution in [1.82, 2.24) is 4.98 Å². The summed E-state index contributed by atoms with van der Waals surface area (Å²) in [5.74, 6) is 1.14. The predicted molar refractivity (Wildman–Crippen MR) is 69.4 cm³/mol. The number of hydrogen-bond acceptors (Lipinski definition) is 5. The van der Waals surface area contributed by atoms with Crippen LogP contribution in [0.2, 0.25) is 0 Å². The number of fused-ring (bicyclic) bond motifs is 2. The van der Waals surface area contributed by atoms with E-state index in [1.165, 1.54) is 17.4 Å². The van der Waals surface area contributed by atoms with Gasteiger partial charge in [0.15, 0.2) is 16.6 Å². The molecule has 3 rings (SSSR count). The number of nitrogens with one attached hydrogen (secondary N) is 1. The summed E-state index contributed by atoms with van der Waals surface area (Å²) in [4.78, 5) is 15.5. The third-order valence-electron chi connectivity index (χ3n) is 2.47. The first kappa shape index (κ1) is 11.0. The van der Waals surface area contributed by atoms with Crippen LogP contribution in [0.1, 0.15) is 0 Å². The molecule has 0 fully saturated rings. The SMILES string of the molecule is C=CC(=O)Nc1nc2cc3c(cc2s1)OCCO3. The summed E-state index contributed by atoms with van der Waals surface area (Å²) in [6.45, 7) is 4.50. The second-order valence-corrected chi connectivity index (χ2v) is 4.71. The number of carbonyl (C=O) groups excluding carboxylic acids is 1. The molecule has 0 saturated carbocycles. The Bertz CT molecular complexity index is 593. The molecule has 1 amide bonds. The quantitative estimate of drug-likeness (QED) is 0.843. The van der Waals surface area contributed by atoms with Crippen LogP contribution in [0.25, 0.3) is 10.2 Å². The maximum absolute atomic E-state index is 11.2. The van der Waals surface area contributed by atoms with Gasteiger partial charge in [-0.2, -0.15) is 0 Å². The van der Waals surface area contributed by atoms with E-state index in [0.29, 0.717) is 24.1 Å². The molecule has 18 heavy (non-hydrogen) atoms. The Morgan fingerprint density at radius 1 is 1.39 bits per heavy atom. The van der Waals surface area contributed by atoms with E-state index in [-0.39, 0.29) is 5.91 Å². The monoisotopic (exact) mass is 262 g/mol. The zero-order valence-electron chi connectivity index (χ0n) is 9.43. The molecule has 2 heterocycles. The molecule has 5 nitrogen and oxygen atoms in total. The molecule has 2 aromatic rings. The fourth-order valence-corrected chi connectivity index (χ4v) is 2.55. The van der Waals surface area contributed by atoms with Gasteiger partial charge in [0.2, 0.25) is 5.91 Å². The summed E-state index contributed by atoms with van der Waals surface area (Å²) in [5.41, 5.74) is 0.781. The van der Waals surface area contributed by atoms with Crippen LogP contribution < -0.4 is 14.8 Å². The van der Waals surface area contributed by atoms with Gasteiger partial charge in [-0.05, 0) is 6.08 Å². The topological polar surface area (TPSA) is 60.5 Å². The number of benzene rings is 1. The van der Waals surface area contributed by atoms with Crippen molar-refractivity contribution in [3.05, 3.63) is 24.8 Å². The third kappa shape index (κ3) is 1.91. The van der Waals surface area contributed by atoms with Gasteiger partial charge in [-0.25, -0.2) is 4.98 Å². The van der Waals surface area contributed by atoms with E-state index in [1.807, 2.05) is 12.1 Å². The van der Waals surface area contributed by atoms with Crippen molar-refractivity contribution in [2.24, 2.45) is 0 Å². The van der Waals surface area contributed by atoms with Gasteiger partial charge >= 0.3 is 0 Å². The Morgan fingerprint density at radius 2 is 2.11 bits per heavy atom. The summed E-state index contributed by atoms with van der Waals surface area (Å²) in [6.07, 6.45) is 1.21. The van der Waals surface area contributed by atoms with Crippen molar-refractivity contribution >= 4 is 32.6 Å². The van der Waals surface area contributed by atoms with Gasteiger partial charge in [0.1, 0.15) is 13.2 Å². The Kier molecular flexibility index (Phi) is 2.64. The summed E-state index contributed by atoms with van der Waals surface area (Å²) < 4.78 is 11.9. The zero-order chi connectivity index (χ0) is 12.5. The first-order valence-electron chi connectivity index (χ1n) is 5.40. The molecule has 1 aliphatic rings. The van der Waals surface area contributed by atoms with Crippen molar-refractivity contribution in [3.8, 4) is 11.5 Å². The first-order valence-corrected chi connectivity index (χ1v) is 6.21. The Morgan fingerprint density at radius 3 is 2.83 bits per heavy atom. The summed E-state index contributed by atoms with van der Waals surface area (Å²) in [7, 11) is 0. The summed E-state index contributed by atoms with van der Waals surface area (Å²) in [5, 5.41) is 3.18. The molecule has 6 heteroatoms. The molecule has 0 bridgehead atoms. The van der Waals surface area contributed by atoms with Crippen molar-refractivity contribution in [2.75, 3.05) is 18.5 Å². The minimum atomic E-state index is -0.272. The van der Waals surface area contributed by atoms with Crippen LogP contribution in [0.3, 0.4) is 0 Å². The minimum absolute atomic E-state index is 0.272. The van der Waals surface area contributed by atoms with Crippen molar-refractivity contribution in [1.29, 1.82) is 0 Å². The van der Waals surface area contributed by atoms with E-state index in [1.54, 1.807) is 0 Å². The number of carbonyl (C=O) groups is 1. The van der Waals surface area contributed by atoms with Gasteiger partial charge in [-0.3, -0.25) is 10.1 Å². The van der Waals surface area contributed by atoms with E-state index in [9.17, 15) is 4.79 Å². The lowest BCUT2D eigenvalue weighted by atomic mass is 10.3. The highest BCUT2D eigenvalue weighted by Gasteiger charge is 2.15. The van der Waals surface area contributed by atoms with Crippen LogP contribution >= 0.6 is 11.3 Å². The van der Waals surface area contributed by atoms with Crippen molar-refractivity contribution in [3.63, 3.8) is 0 Å². The van der Waals surface area contributed by atoms with Gasteiger partial charge < -0.3 is 9.47 Å². The average molecular weight is 262 g/mol. The molecule has 0 spiro atoms. The molecule has 0 aliphatic carbocycles. The van der Waals surface area contributed by atoms with E-state index < -0.39 is 0 Å². The van der Waals surface area contributed by atoms with E-state index in [4.69, 9.17) is 9.47 Å². The second-order valence-electron chi connectivity index (χ2n) is 3.68. The molecular formula is C12H10N2O3S. The fraction of sp³-hybridized carbons (Fsp3) is 0.167. The van der Waals surface area contributed by atoms with E-state index >= 15 is 0 Å². The normalized spacial score (nSPS) is 13.3. The maximum atomic E-state index is 11.2. The van der Waals surface area contributed by atoms with Gasteiger partial charge in [0, 0.05) is 12.1 Å². The number of ether oxygens (including phenoxy) is 2. The Balaban J connectivity index is 2.01. The number of aromatic nitrogens is 1. The molecule has 0 unspecified atom stereocenters. The molecule has 1 aromatic heterocycles. The fourth-order valence-electron chi connectivity index (χ4n) is 1.67. The van der Waals surface area contributed by atoms with Crippen LogP contribution in [0.15, 0.2) is 24.8 Å². The van der Waals surface area contributed by atoms with Gasteiger partial charge in [0.05, 0.1) is 10.2 Å². The molecule has 1 aromatic carbocycles. The molecule has 0 saturated heterocycles. The largest absolute Gasteiger partial charge is 0.486 e. The van der Waals surface area contributed by atoms with E-state index in [0.717, 1.165) is 16.0 Å². The number of thiazole rings is 1. The summed E-state index contributed by atoms with van der Waals surface area (Å²) >= 11 is 1.39. The van der Waals surface area contributed by atoms with Gasteiger partial charge in [0.25, 0.3) is 0 Å². The maximum Gasteiger partial charge on any atom is 0.249 e. The van der Waals surface area contributed by atoms with Crippen LogP contribution in [0.4, 0.5) is 5.13 Å². The Hall–Kier alpha value is -2.08. The highest BCUT2D eigenvalue weighted by Crippen LogP contribution is 2.37. The Labute approximate surface area is 107 Å². The smallest absolute Gasteiger partial charge is 0.249 e. The lowest BCUT2D eigenvalue weighted by Gasteiger charge is -2.17. The highest BCUT2D eigenvalue weighted by atomic mass is 32.1. The van der Waals surface area contributed by atoms with Crippen LogP contribution in [-0.2, 0) is 4.79 Å². The molecule has 92 valence electrons. The number of nitrogens with zero attached hydrogens (tertiary/aromatic N) is 1. The standard InChI is InChI=1S/C12H10N2O3S/c1-2-11(15)14-12-13-7-5-8-9(6-10(7)18-12)17-4-3-16-8/h2,5-6H,1,3-4H2,(H,13,14,15). The molecule has 0 radical (unpaired) electrons. The van der Waals surface area contributed by atoms with Crippen molar-refractivity contribution in [2.45, 2.75) is 0 Å². The van der Waals surface area contributed by atoms with E-state index in [2.05, 4.69) is 16.9 Å². The number of rotatable bonds is 2. The number of amides is 1. The number of anilines is 1. The van der Waals surface area contributed by atoms with Crippen LogP contribution in [-0.4, -0.2) is 24.1 Å². The molecule has 0 atom stereocenters. The lowest BCUT2D eigenvalue weighted by molar-refractivity contribution is -0.111. The zero-order valence-corrected chi connectivity index (χ0v) is 10.3. The molecule has 1 aliphatic heterocycles. The van der Waals surface area contributed by atoms with Gasteiger partial charge in [-0.15, -0.1) is 0 Å².